The van der Waals surface area contributed by atoms with Crippen LogP contribution in [-0.2, 0) is 0 Å². The molecule has 0 aliphatic rings. The zero-order valence-electron chi connectivity index (χ0n) is 19.8. The van der Waals surface area contributed by atoms with Crippen molar-refractivity contribution in [1.29, 1.82) is 0 Å². The summed E-state index contributed by atoms with van der Waals surface area (Å²) in [6, 6.07) is 6.15. The van der Waals surface area contributed by atoms with Crippen molar-refractivity contribution < 1.29 is 0 Å². The number of hydrogen-bond donors (Lipinski definition) is 2. The zero-order chi connectivity index (χ0) is 23.5. The Labute approximate surface area is 199 Å². The van der Waals surface area contributed by atoms with Crippen LogP contribution >= 0.6 is 15.9 Å². The first kappa shape index (κ1) is 24.1. The van der Waals surface area contributed by atoms with Crippen molar-refractivity contribution in [2.24, 2.45) is 5.41 Å². The van der Waals surface area contributed by atoms with Gasteiger partial charge in [-0.15, -0.1) is 0 Å². The standard InChI is InChI=1S/C27H32BrN3O/c1-7-9-10-18(8-2)11-12-19-16-29-26(32)23-22-15-20(28)13-14-21(22)25(31-24(19)23)30-17(3)27(4,5)6/h10,13-17H,7-9H2,1-6H3,(H,29,32)(H,30,31)/b18-10+. The molecule has 0 aliphatic heterocycles. The molecule has 2 aromatic heterocycles. The summed E-state index contributed by atoms with van der Waals surface area (Å²) < 4.78 is 0.916. The van der Waals surface area contributed by atoms with Gasteiger partial charge in [0.25, 0.3) is 5.56 Å². The number of hydrogen-bond acceptors (Lipinski definition) is 3. The Morgan fingerprint density at radius 2 is 2.03 bits per heavy atom. The van der Waals surface area contributed by atoms with Crippen molar-refractivity contribution in [3.05, 3.63) is 56.4 Å². The number of nitrogens with one attached hydrogen (secondary N) is 2. The summed E-state index contributed by atoms with van der Waals surface area (Å²) in [4.78, 5) is 20.7. The lowest BCUT2D eigenvalue weighted by Gasteiger charge is -2.29. The minimum atomic E-state index is -0.159. The fraction of sp³-hybridized carbons (Fsp3) is 0.407. The Hall–Kier alpha value is -2.58. The van der Waals surface area contributed by atoms with E-state index >= 15 is 0 Å². The molecule has 1 unspecified atom stereocenters. The molecule has 32 heavy (non-hydrogen) atoms. The van der Waals surface area contributed by atoms with E-state index < -0.39 is 0 Å². The van der Waals surface area contributed by atoms with Crippen LogP contribution in [0.25, 0.3) is 21.7 Å². The molecule has 2 heterocycles. The number of rotatable bonds is 5. The molecule has 0 fully saturated rings. The van der Waals surface area contributed by atoms with E-state index in [1.165, 1.54) is 0 Å². The van der Waals surface area contributed by atoms with E-state index in [1.54, 1.807) is 6.20 Å². The Kier molecular flexibility index (Phi) is 7.46. The van der Waals surface area contributed by atoms with Gasteiger partial charge in [0.05, 0.1) is 16.5 Å². The van der Waals surface area contributed by atoms with Crippen LogP contribution in [0.4, 0.5) is 5.82 Å². The Bertz CT molecular complexity index is 1290. The van der Waals surface area contributed by atoms with Crippen molar-refractivity contribution in [2.45, 2.75) is 66.8 Å². The quantitative estimate of drug-likeness (QED) is 0.292. The van der Waals surface area contributed by atoms with Gasteiger partial charge >= 0.3 is 0 Å². The number of nitrogens with zero attached hydrogens (tertiary/aromatic N) is 1. The summed E-state index contributed by atoms with van der Waals surface area (Å²) in [5.41, 5.74) is 2.35. The second-order valence-corrected chi connectivity index (χ2v) is 10.2. The number of aromatic amines is 1. The minimum Gasteiger partial charge on any atom is -0.367 e. The Balaban J connectivity index is 2.30. The van der Waals surface area contributed by atoms with Crippen LogP contribution in [0.5, 0.6) is 0 Å². The van der Waals surface area contributed by atoms with Gasteiger partial charge in [-0.25, -0.2) is 4.98 Å². The number of benzene rings is 1. The van der Waals surface area contributed by atoms with Gasteiger partial charge in [0.2, 0.25) is 0 Å². The first-order valence-electron chi connectivity index (χ1n) is 11.3. The monoisotopic (exact) mass is 493 g/mol. The summed E-state index contributed by atoms with van der Waals surface area (Å²) >= 11 is 3.56. The van der Waals surface area contributed by atoms with Gasteiger partial charge in [-0.05, 0) is 49.0 Å². The summed E-state index contributed by atoms with van der Waals surface area (Å²) in [5.74, 6) is 7.34. The molecule has 0 saturated carbocycles. The number of aromatic nitrogens is 2. The van der Waals surface area contributed by atoms with Crippen LogP contribution in [0.3, 0.4) is 0 Å². The number of fused-ring (bicyclic) bond motifs is 3. The van der Waals surface area contributed by atoms with E-state index in [0.29, 0.717) is 10.9 Å². The van der Waals surface area contributed by atoms with Crippen molar-refractivity contribution in [3.8, 4) is 11.8 Å². The number of pyridine rings is 2. The molecule has 3 rings (SSSR count). The summed E-state index contributed by atoms with van der Waals surface area (Å²) in [6.45, 7) is 13.0. The van der Waals surface area contributed by atoms with Crippen LogP contribution in [0, 0.1) is 17.3 Å². The lowest BCUT2D eigenvalue weighted by atomic mass is 9.88. The van der Waals surface area contributed by atoms with Crippen molar-refractivity contribution in [3.63, 3.8) is 0 Å². The third kappa shape index (κ3) is 5.24. The fourth-order valence-corrected chi connectivity index (χ4v) is 3.73. The predicted molar refractivity (Wildman–Crippen MR) is 140 cm³/mol. The second-order valence-electron chi connectivity index (χ2n) is 9.26. The van der Waals surface area contributed by atoms with E-state index in [-0.39, 0.29) is 17.0 Å². The average Bonchev–Trinajstić information content (AvgIpc) is 2.74. The normalized spacial score (nSPS) is 13.2. The molecule has 5 heteroatoms. The Morgan fingerprint density at radius 3 is 2.69 bits per heavy atom. The molecule has 4 nitrogen and oxygen atoms in total. The SMILES string of the molecule is CCC/C=C(/C#Cc1c[nH]c(=O)c2c1nc(NC(C)C(C)(C)C)c1ccc(Br)cc12)CC. The lowest BCUT2D eigenvalue weighted by molar-refractivity contribution is 0.359. The molecule has 0 radical (unpaired) electrons. The lowest BCUT2D eigenvalue weighted by Crippen LogP contribution is -2.31. The minimum absolute atomic E-state index is 0.0508. The Morgan fingerprint density at radius 1 is 1.28 bits per heavy atom. The van der Waals surface area contributed by atoms with Crippen LogP contribution in [0.2, 0.25) is 0 Å². The van der Waals surface area contributed by atoms with E-state index in [9.17, 15) is 4.79 Å². The third-order valence-corrected chi connectivity index (χ3v) is 6.36. The maximum absolute atomic E-state index is 12.9. The van der Waals surface area contributed by atoms with E-state index in [0.717, 1.165) is 51.5 Å². The van der Waals surface area contributed by atoms with Gasteiger partial charge < -0.3 is 10.3 Å². The van der Waals surface area contributed by atoms with Crippen molar-refractivity contribution in [1.82, 2.24) is 9.97 Å². The summed E-state index contributed by atoms with van der Waals surface area (Å²) in [6.07, 6.45) is 6.86. The highest BCUT2D eigenvalue weighted by molar-refractivity contribution is 9.10. The van der Waals surface area contributed by atoms with Gasteiger partial charge in [0.15, 0.2) is 0 Å². The maximum atomic E-state index is 12.9. The van der Waals surface area contributed by atoms with Crippen LogP contribution in [-0.4, -0.2) is 16.0 Å². The van der Waals surface area contributed by atoms with Gasteiger partial charge in [-0.2, -0.15) is 0 Å². The van der Waals surface area contributed by atoms with Crippen molar-refractivity contribution >= 4 is 43.4 Å². The number of unbranched alkanes of at least 4 members (excludes halogenated alkanes) is 1. The molecule has 0 spiro atoms. The highest BCUT2D eigenvalue weighted by atomic mass is 79.9. The molecular formula is C27H32BrN3O. The molecule has 0 amide bonds. The predicted octanol–water partition coefficient (Wildman–Crippen LogP) is 7.17. The smallest absolute Gasteiger partial charge is 0.258 e. The summed E-state index contributed by atoms with van der Waals surface area (Å²) in [5, 5.41) is 5.93. The molecule has 0 aliphatic carbocycles. The summed E-state index contributed by atoms with van der Waals surface area (Å²) in [7, 11) is 0. The largest absolute Gasteiger partial charge is 0.367 e. The molecule has 0 saturated heterocycles. The second kappa shape index (κ2) is 9.92. The van der Waals surface area contributed by atoms with Crippen LogP contribution < -0.4 is 10.9 Å². The number of H-pyrrole nitrogens is 1. The fourth-order valence-electron chi connectivity index (χ4n) is 3.37. The zero-order valence-corrected chi connectivity index (χ0v) is 21.4. The van der Waals surface area contributed by atoms with E-state index in [4.69, 9.17) is 4.98 Å². The molecular weight excluding hydrogens is 462 g/mol. The van der Waals surface area contributed by atoms with Gasteiger partial charge in [-0.1, -0.05) is 74.9 Å². The first-order chi connectivity index (χ1) is 15.2. The highest BCUT2D eigenvalue weighted by Gasteiger charge is 2.22. The molecule has 168 valence electrons. The average molecular weight is 494 g/mol. The molecule has 1 atom stereocenters. The third-order valence-electron chi connectivity index (χ3n) is 5.87. The molecule has 1 aromatic carbocycles. The number of anilines is 1. The maximum Gasteiger partial charge on any atom is 0.258 e. The van der Waals surface area contributed by atoms with Crippen LogP contribution in [0.1, 0.15) is 66.4 Å². The number of halogens is 1. The highest BCUT2D eigenvalue weighted by Crippen LogP contribution is 2.33. The van der Waals surface area contributed by atoms with E-state index in [1.807, 2.05) is 18.2 Å². The van der Waals surface area contributed by atoms with Crippen LogP contribution in [0.15, 0.2) is 45.3 Å². The van der Waals surface area contributed by atoms with Gasteiger partial charge in [-0.3, -0.25) is 4.79 Å². The number of allylic oxidation sites excluding steroid dienone is 2. The molecule has 0 bridgehead atoms. The molecule has 3 aromatic rings. The van der Waals surface area contributed by atoms with Crippen molar-refractivity contribution in [2.75, 3.05) is 5.32 Å². The first-order valence-corrected chi connectivity index (χ1v) is 12.1. The van der Waals surface area contributed by atoms with Gasteiger partial charge in [0, 0.05) is 27.5 Å². The van der Waals surface area contributed by atoms with E-state index in [2.05, 4.69) is 85.7 Å². The molecule has 2 N–H and O–H groups in total. The topological polar surface area (TPSA) is 57.8 Å². The van der Waals surface area contributed by atoms with Gasteiger partial charge in [0.1, 0.15) is 5.82 Å².